The molecule has 0 bridgehead atoms. The van der Waals surface area contributed by atoms with E-state index in [4.69, 9.17) is 13.9 Å². The monoisotopic (exact) mass is 423 g/mol. The van der Waals surface area contributed by atoms with Crippen molar-refractivity contribution in [2.75, 3.05) is 38.8 Å². The van der Waals surface area contributed by atoms with Gasteiger partial charge in [-0.2, -0.15) is 4.98 Å². The molecular formula is C24H29N3O4. The molecule has 1 aromatic heterocycles. The van der Waals surface area contributed by atoms with Crippen molar-refractivity contribution in [1.82, 2.24) is 9.88 Å². The van der Waals surface area contributed by atoms with Crippen molar-refractivity contribution in [1.29, 1.82) is 0 Å². The number of carbonyl (C=O) groups excluding carboxylic acids is 1. The molecule has 7 nitrogen and oxygen atoms in total. The van der Waals surface area contributed by atoms with Gasteiger partial charge in [0.1, 0.15) is 5.52 Å². The summed E-state index contributed by atoms with van der Waals surface area (Å²) in [5.74, 6) is 1.58. The molecule has 2 aromatic carbocycles. The maximum Gasteiger partial charge on any atom is 0.298 e. The number of aromatic nitrogens is 1. The number of carbonyl (C=O) groups is 1. The van der Waals surface area contributed by atoms with Gasteiger partial charge in [-0.15, -0.1) is 0 Å². The van der Waals surface area contributed by atoms with Crippen molar-refractivity contribution in [2.45, 2.75) is 26.3 Å². The number of para-hydroxylation sites is 2. The van der Waals surface area contributed by atoms with Gasteiger partial charge in [0.25, 0.3) is 6.01 Å². The third-order valence-electron chi connectivity index (χ3n) is 5.91. The average molecular weight is 424 g/mol. The number of hydrogen-bond donors (Lipinski definition) is 0. The third kappa shape index (κ3) is 4.45. The third-order valence-corrected chi connectivity index (χ3v) is 5.91. The minimum Gasteiger partial charge on any atom is -0.493 e. The van der Waals surface area contributed by atoms with Crippen LogP contribution in [0.5, 0.6) is 11.5 Å². The SMILES string of the molecule is CCN(Cc1ccc(OC)c(OC)c1)C(=O)C1CCN(c2nc3ccccc3o2)CC1. The second-order valence-corrected chi connectivity index (χ2v) is 7.77. The number of rotatable bonds is 7. The Morgan fingerprint density at radius 3 is 2.55 bits per heavy atom. The Morgan fingerprint density at radius 1 is 1.13 bits per heavy atom. The van der Waals surface area contributed by atoms with Gasteiger partial charge < -0.3 is 23.7 Å². The Labute approximate surface area is 182 Å². The van der Waals surface area contributed by atoms with Crippen LogP contribution in [0.25, 0.3) is 11.1 Å². The first kappa shape index (κ1) is 21.0. The molecule has 3 aromatic rings. The number of nitrogens with zero attached hydrogens (tertiary/aromatic N) is 3. The smallest absolute Gasteiger partial charge is 0.298 e. The van der Waals surface area contributed by atoms with E-state index in [0.29, 0.717) is 30.6 Å². The summed E-state index contributed by atoms with van der Waals surface area (Å²) in [5.41, 5.74) is 2.68. The molecule has 0 N–H and O–H groups in total. The summed E-state index contributed by atoms with van der Waals surface area (Å²) < 4.78 is 16.6. The molecule has 1 aliphatic rings. The molecular weight excluding hydrogens is 394 g/mol. The van der Waals surface area contributed by atoms with Gasteiger partial charge in [0.2, 0.25) is 5.91 Å². The molecule has 164 valence electrons. The zero-order chi connectivity index (χ0) is 21.8. The summed E-state index contributed by atoms with van der Waals surface area (Å²) in [4.78, 5) is 21.8. The molecule has 0 radical (unpaired) electrons. The molecule has 0 atom stereocenters. The molecule has 0 unspecified atom stereocenters. The normalized spacial score (nSPS) is 14.6. The van der Waals surface area contributed by atoms with Crippen LogP contribution in [0, 0.1) is 5.92 Å². The van der Waals surface area contributed by atoms with Crippen molar-refractivity contribution in [3.05, 3.63) is 48.0 Å². The summed E-state index contributed by atoms with van der Waals surface area (Å²) in [6, 6.07) is 14.2. The number of piperidine rings is 1. The lowest BCUT2D eigenvalue weighted by molar-refractivity contribution is -0.136. The highest BCUT2D eigenvalue weighted by Gasteiger charge is 2.30. The Balaban J connectivity index is 1.38. The second kappa shape index (κ2) is 9.29. The van der Waals surface area contributed by atoms with Crippen LogP contribution in [0.1, 0.15) is 25.3 Å². The first-order valence-corrected chi connectivity index (χ1v) is 10.7. The summed E-state index contributed by atoms with van der Waals surface area (Å²) >= 11 is 0. The van der Waals surface area contributed by atoms with E-state index in [1.165, 1.54) is 0 Å². The number of hydrogen-bond acceptors (Lipinski definition) is 6. The van der Waals surface area contributed by atoms with E-state index in [0.717, 1.165) is 42.6 Å². The number of anilines is 1. The van der Waals surface area contributed by atoms with E-state index in [-0.39, 0.29) is 11.8 Å². The quantitative estimate of drug-likeness (QED) is 0.570. The number of amides is 1. The van der Waals surface area contributed by atoms with Crippen LogP contribution in [0.2, 0.25) is 0 Å². The van der Waals surface area contributed by atoms with Gasteiger partial charge in [0, 0.05) is 32.1 Å². The maximum absolute atomic E-state index is 13.2. The molecule has 4 rings (SSSR count). The van der Waals surface area contributed by atoms with Crippen LogP contribution in [0.3, 0.4) is 0 Å². The minimum atomic E-state index is 0.0146. The summed E-state index contributed by atoms with van der Waals surface area (Å²) in [5, 5.41) is 0. The molecule has 1 fully saturated rings. The van der Waals surface area contributed by atoms with Crippen LogP contribution < -0.4 is 14.4 Å². The van der Waals surface area contributed by atoms with Gasteiger partial charge >= 0.3 is 0 Å². The molecule has 7 heteroatoms. The fourth-order valence-corrected chi connectivity index (χ4v) is 4.12. The first-order chi connectivity index (χ1) is 15.1. The van der Waals surface area contributed by atoms with E-state index in [1.807, 2.05) is 54.3 Å². The van der Waals surface area contributed by atoms with Crippen molar-refractivity contribution in [3.8, 4) is 11.5 Å². The van der Waals surface area contributed by atoms with Crippen molar-refractivity contribution in [3.63, 3.8) is 0 Å². The van der Waals surface area contributed by atoms with Crippen molar-refractivity contribution >= 4 is 23.0 Å². The standard InChI is InChI=1S/C24H29N3O4/c1-4-26(16-17-9-10-21(29-2)22(15-17)30-3)23(28)18-11-13-27(14-12-18)24-25-19-7-5-6-8-20(19)31-24/h5-10,15,18H,4,11-14,16H2,1-3H3. The first-order valence-electron chi connectivity index (χ1n) is 10.7. The Hall–Kier alpha value is -3.22. The fraction of sp³-hybridized carbons (Fsp3) is 0.417. The van der Waals surface area contributed by atoms with Gasteiger partial charge in [-0.25, -0.2) is 0 Å². The molecule has 2 heterocycles. The van der Waals surface area contributed by atoms with E-state index in [2.05, 4.69) is 9.88 Å². The summed E-state index contributed by atoms with van der Waals surface area (Å²) in [7, 11) is 3.24. The lowest BCUT2D eigenvalue weighted by Gasteiger charge is -2.33. The summed E-state index contributed by atoms with van der Waals surface area (Å²) in [6.45, 7) is 4.76. The highest BCUT2D eigenvalue weighted by atomic mass is 16.5. The fourth-order valence-electron chi connectivity index (χ4n) is 4.12. The van der Waals surface area contributed by atoms with Crippen LogP contribution >= 0.6 is 0 Å². The number of fused-ring (bicyclic) bond motifs is 1. The summed E-state index contributed by atoms with van der Waals surface area (Å²) in [6.07, 6.45) is 1.58. The van der Waals surface area contributed by atoms with E-state index in [1.54, 1.807) is 14.2 Å². The predicted molar refractivity (Wildman–Crippen MR) is 120 cm³/mol. The van der Waals surface area contributed by atoms with Crippen LogP contribution in [-0.4, -0.2) is 49.6 Å². The van der Waals surface area contributed by atoms with E-state index < -0.39 is 0 Å². The zero-order valence-electron chi connectivity index (χ0n) is 18.3. The zero-order valence-corrected chi connectivity index (χ0v) is 18.3. The predicted octanol–water partition coefficient (Wildman–Crippen LogP) is 4.11. The number of benzene rings is 2. The van der Waals surface area contributed by atoms with Crippen LogP contribution in [0.15, 0.2) is 46.9 Å². The Bertz CT molecular complexity index is 1010. The molecule has 31 heavy (non-hydrogen) atoms. The largest absolute Gasteiger partial charge is 0.493 e. The van der Waals surface area contributed by atoms with Gasteiger partial charge in [-0.1, -0.05) is 18.2 Å². The second-order valence-electron chi connectivity index (χ2n) is 7.77. The van der Waals surface area contributed by atoms with Crippen molar-refractivity contribution in [2.24, 2.45) is 5.92 Å². The lowest BCUT2D eigenvalue weighted by atomic mass is 9.95. The van der Waals surface area contributed by atoms with Crippen LogP contribution in [-0.2, 0) is 11.3 Å². The Morgan fingerprint density at radius 2 is 1.87 bits per heavy atom. The van der Waals surface area contributed by atoms with Gasteiger partial charge in [0.05, 0.1) is 14.2 Å². The van der Waals surface area contributed by atoms with Crippen molar-refractivity contribution < 1.29 is 18.7 Å². The molecule has 0 spiro atoms. The topological polar surface area (TPSA) is 68.0 Å². The highest BCUT2D eigenvalue weighted by molar-refractivity contribution is 5.79. The average Bonchev–Trinajstić information content (AvgIpc) is 3.26. The number of methoxy groups -OCH3 is 2. The minimum absolute atomic E-state index is 0.0146. The lowest BCUT2D eigenvalue weighted by Crippen LogP contribution is -2.42. The molecule has 1 amide bonds. The van der Waals surface area contributed by atoms with E-state index >= 15 is 0 Å². The number of ether oxygens (including phenoxy) is 2. The van der Waals surface area contributed by atoms with Gasteiger partial charge in [0.15, 0.2) is 17.1 Å². The van der Waals surface area contributed by atoms with Gasteiger partial charge in [-0.3, -0.25) is 4.79 Å². The maximum atomic E-state index is 13.2. The molecule has 1 saturated heterocycles. The number of oxazole rings is 1. The van der Waals surface area contributed by atoms with Gasteiger partial charge in [-0.05, 0) is 49.6 Å². The Kier molecular flexibility index (Phi) is 6.30. The van der Waals surface area contributed by atoms with E-state index in [9.17, 15) is 4.79 Å². The molecule has 0 saturated carbocycles. The highest BCUT2D eigenvalue weighted by Crippen LogP contribution is 2.30. The van der Waals surface area contributed by atoms with Crippen LogP contribution in [0.4, 0.5) is 6.01 Å². The molecule has 1 aliphatic heterocycles. The molecule has 0 aliphatic carbocycles.